The molecule has 2 aromatic rings. The Morgan fingerprint density at radius 1 is 1.29 bits per heavy atom. The lowest BCUT2D eigenvalue weighted by Crippen LogP contribution is -2.14. The fourth-order valence-electron chi connectivity index (χ4n) is 1.94. The van der Waals surface area contributed by atoms with Crippen LogP contribution in [0.4, 0.5) is 0 Å². The van der Waals surface area contributed by atoms with E-state index in [9.17, 15) is 0 Å². The molecule has 0 aliphatic rings. The minimum Gasteiger partial charge on any atom is -0.456 e. The van der Waals surface area contributed by atoms with Crippen molar-refractivity contribution < 1.29 is 4.74 Å². The van der Waals surface area contributed by atoms with Crippen molar-refractivity contribution in [3.63, 3.8) is 0 Å². The van der Waals surface area contributed by atoms with Crippen molar-refractivity contribution in [3.05, 3.63) is 52.0 Å². The molecule has 0 aliphatic carbocycles. The first-order chi connectivity index (χ1) is 10.0. The molecule has 0 saturated carbocycles. The van der Waals surface area contributed by atoms with Gasteiger partial charge in [0.1, 0.15) is 17.3 Å². The molecule has 2 aromatic carbocycles. The lowest BCUT2D eigenvalue weighted by Gasteiger charge is -2.15. The maximum Gasteiger partial charge on any atom is 0.139 e. The second-order valence-corrected chi connectivity index (χ2v) is 6.71. The smallest absolute Gasteiger partial charge is 0.139 e. The summed E-state index contributed by atoms with van der Waals surface area (Å²) in [6.45, 7) is 4.06. The molecular formula is C16H17BrN2OS. The molecule has 2 rings (SSSR count). The molecular weight excluding hydrogens is 348 g/mol. The van der Waals surface area contributed by atoms with Crippen molar-refractivity contribution in [2.24, 2.45) is 5.73 Å². The summed E-state index contributed by atoms with van der Waals surface area (Å²) in [7, 11) is 0. The molecule has 21 heavy (non-hydrogen) atoms. The third-order valence-corrected chi connectivity index (χ3v) is 4.36. The molecule has 3 N–H and O–H groups in total. The Morgan fingerprint density at radius 3 is 2.71 bits per heavy atom. The number of rotatable bonds is 5. The number of aryl methyl sites for hydroxylation is 1. The minimum atomic E-state index is 0.0224. The van der Waals surface area contributed by atoms with Crippen molar-refractivity contribution in [2.75, 3.05) is 5.75 Å². The molecule has 0 aliphatic heterocycles. The first kappa shape index (κ1) is 15.9. The second-order valence-electron chi connectivity index (χ2n) is 4.49. The average Bonchev–Trinajstić information content (AvgIpc) is 2.43. The standard InChI is InChI=1S/C16H17BrN2OS/c1-3-21-14-6-4-5-12(15(14)16(18)19)20-13-9-11(17)8-7-10(13)2/h4-9H,3H2,1-2H3,(H3,18,19). The number of nitrogens with one attached hydrogen (secondary N) is 1. The fourth-order valence-corrected chi connectivity index (χ4v) is 3.12. The fraction of sp³-hybridized carbons (Fsp3) is 0.188. The van der Waals surface area contributed by atoms with E-state index in [0.29, 0.717) is 11.3 Å². The van der Waals surface area contributed by atoms with Crippen molar-refractivity contribution >= 4 is 33.5 Å². The largest absolute Gasteiger partial charge is 0.456 e. The maximum absolute atomic E-state index is 7.83. The van der Waals surface area contributed by atoms with Crippen LogP contribution < -0.4 is 10.5 Å². The molecule has 3 nitrogen and oxygen atoms in total. The van der Waals surface area contributed by atoms with Crippen LogP contribution in [-0.2, 0) is 0 Å². The zero-order valence-corrected chi connectivity index (χ0v) is 14.3. The number of thioether (sulfide) groups is 1. The quantitative estimate of drug-likeness (QED) is 0.448. The Hall–Kier alpha value is -1.46. The van der Waals surface area contributed by atoms with E-state index in [1.54, 1.807) is 11.8 Å². The molecule has 0 fully saturated rings. The predicted octanol–water partition coefficient (Wildman–Crippen LogP) is 4.95. The van der Waals surface area contributed by atoms with Crippen LogP contribution in [0.1, 0.15) is 18.1 Å². The summed E-state index contributed by atoms with van der Waals surface area (Å²) in [6, 6.07) is 11.6. The first-order valence-corrected chi connectivity index (χ1v) is 8.35. The van der Waals surface area contributed by atoms with Crippen molar-refractivity contribution in [2.45, 2.75) is 18.7 Å². The number of halogens is 1. The molecule has 0 radical (unpaired) electrons. The number of amidine groups is 1. The van der Waals surface area contributed by atoms with E-state index in [-0.39, 0.29) is 5.84 Å². The van der Waals surface area contributed by atoms with Gasteiger partial charge in [0.15, 0.2) is 0 Å². The van der Waals surface area contributed by atoms with E-state index in [4.69, 9.17) is 15.9 Å². The van der Waals surface area contributed by atoms with Crippen LogP contribution >= 0.6 is 27.7 Å². The molecule has 0 atom stereocenters. The summed E-state index contributed by atoms with van der Waals surface area (Å²) in [4.78, 5) is 0.968. The van der Waals surface area contributed by atoms with Crippen LogP contribution in [0.25, 0.3) is 0 Å². The van der Waals surface area contributed by atoms with Crippen molar-refractivity contribution in [1.29, 1.82) is 5.41 Å². The highest BCUT2D eigenvalue weighted by molar-refractivity contribution is 9.10. The van der Waals surface area contributed by atoms with E-state index in [2.05, 4.69) is 22.9 Å². The Labute approximate surface area is 137 Å². The molecule has 5 heteroatoms. The zero-order chi connectivity index (χ0) is 15.4. The molecule has 0 aromatic heterocycles. The van der Waals surface area contributed by atoms with Gasteiger partial charge in [-0.05, 0) is 42.5 Å². The first-order valence-electron chi connectivity index (χ1n) is 6.57. The molecule has 0 amide bonds. The Kier molecular flexibility index (Phi) is 5.31. The maximum atomic E-state index is 7.83. The van der Waals surface area contributed by atoms with Gasteiger partial charge in [0, 0.05) is 9.37 Å². The summed E-state index contributed by atoms with van der Waals surface area (Å²) in [5, 5.41) is 7.83. The van der Waals surface area contributed by atoms with Crippen LogP contribution in [0.3, 0.4) is 0 Å². The lowest BCUT2D eigenvalue weighted by atomic mass is 10.1. The molecule has 0 heterocycles. The zero-order valence-electron chi connectivity index (χ0n) is 11.9. The van der Waals surface area contributed by atoms with Crippen LogP contribution in [0.5, 0.6) is 11.5 Å². The Bertz CT molecular complexity index is 673. The van der Waals surface area contributed by atoms with Gasteiger partial charge >= 0.3 is 0 Å². The van der Waals surface area contributed by atoms with Gasteiger partial charge in [0.05, 0.1) is 5.56 Å². The SMILES string of the molecule is CCSc1cccc(Oc2cc(Br)ccc2C)c1C(=N)N. The van der Waals surface area contributed by atoms with Gasteiger partial charge in [-0.25, -0.2) is 0 Å². The number of benzene rings is 2. The highest BCUT2D eigenvalue weighted by atomic mass is 79.9. The van der Waals surface area contributed by atoms with Gasteiger partial charge in [0.25, 0.3) is 0 Å². The van der Waals surface area contributed by atoms with E-state index >= 15 is 0 Å². The van der Waals surface area contributed by atoms with E-state index in [1.165, 1.54) is 0 Å². The molecule has 0 saturated heterocycles. The normalized spacial score (nSPS) is 10.4. The highest BCUT2D eigenvalue weighted by Gasteiger charge is 2.14. The Balaban J connectivity index is 2.46. The second kappa shape index (κ2) is 7.00. The molecule has 0 spiro atoms. The number of nitrogen functional groups attached to an aromatic ring is 1. The predicted molar refractivity (Wildman–Crippen MR) is 92.8 cm³/mol. The van der Waals surface area contributed by atoms with E-state index in [0.717, 1.165) is 26.4 Å². The van der Waals surface area contributed by atoms with Gasteiger partial charge in [-0.1, -0.05) is 35.0 Å². The number of nitrogens with two attached hydrogens (primary N) is 1. The third kappa shape index (κ3) is 3.80. The van der Waals surface area contributed by atoms with Gasteiger partial charge < -0.3 is 10.5 Å². The van der Waals surface area contributed by atoms with Gasteiger partial charge in [0.2, 0.25) is 0 Å². The van der Waals surface area contributed by atoms with E-state index in [1.807, 2.05) is 43.3 Å². The van der Waals surface area contributed by atoms with Crippen molar-refractivity contribution in [3.8, 4) is 11.5 Å². The van der Waals surface area contributed by atoms with E-state index < -0.39 is 0 Å². The number of hydrogen-bond acceptors (Lipinski definition) is 3. The van der Waals surface area contributed by atoms with Crippen LogP contribution in [0.15, 0.2) is 45.8 Å². The van der Waals surface area contributed by atoms with Crippen LogP contribution in [0, 0.1) is 12.3 Å². The molecule has 0 bridgehead atoms. The van der Waals surface area contributed by atoms with Crippen LogP contribution in [-0.4, -0.2) is 11.6 Å². The van der Waals surface area contributed by atoms with Gasteiger partial charge in [-0.3, -0.25) is 5.41 Å². The summed E-state index contributed by atoms with van der Waals surface area (Å²) >= 11 is 5.10. The summed E-state index contributed by atoms with van der Waals surface area (Å²) < 4.78 is 6.96. The highest BCUT2D eigenvalue weighted by Crippen LogP contribution is 2.34. The summed E-state index contributed by atoms with van der Waals surface area (Å²) in [6.07, 6.45) is 0. The summed E-state index contributed by atoms with van der Waals surface area (Å²) in [5.74, 6) is 2.31. The average molecular weight is 365 g/mol. The summed E-state index contributed by atoms with van der Waals surface area (Å²) in [5.41, 5.74) is 7.43. The minimum absolute atomic E-state index is 0.0224. The number of hydrogen-bond donors (Lipinski definition) is 2. The van der Waals surface area contributed by atoms with Gasteiger partial charge in [-0.2, -0.15) is 0 Å². The third-order valence-electron chi connectivity index (χ3n) is 2.93. The van der Waals surface area contributed by atoms with Crippen molar-refractivity contribution in [1.82, 2.24) is 0 Å². The monoisotopic (exact) mass is 364 g/mol. The van der Waals surface area contributed by atoms with Crippen LogP contribution in [0.2, 0.25) is 0 Å². The topological polar surface area (TPSA) is 59.1 Å². The lowest BCUT2D eigenvalue weighted by molar-refractivity contribution is 0.476. The Morgan fingerprint density at radius 2 is 2.05 bits per heavy atom. The molecule has 110 valence electrons. The van der Waals surface area contributed by atoms with Gasteiger partial charge in [-0.15, -0.1) is 11.8 Å². The number of ether oxygens (including phenoxy) is 1. The molecule has 0 unspecified atom stereocenters.